The number of hydrogen-bond donors (Lipinski definition) is 3. The molecule has 1 aromatic carbocycles. The summed E-state index contributed by atoms with van der Waals surface area (Å²) in [4.78, 5) is 14.8. The van der Waals surface area contributed by atoms with E-state index in [4.69, 9.17) is 5.73 Å². The van der Waals surface area contributed by atoms with Gasteiger partial charge in [0.15, 0.2) is 5.60 Å². The summed E-state index contributed by atoms with van der Waals surface area (Å²) in [5, 5.41) is 14.2. The summed E-state index contributed by atoms with van der Waals surface area (Å²) in [6, 6.07) is 8.12. The number of nitrogens with two attached hydrogens (primary N) is 1. The Hall–Kier alpha value is -1.43. The number of nitrogens with zero attached hydrogens (tertiary/aromatic N) is 1. The van der Waals surface area contributed by atoms with Crippen LogP contribution in [0.4, 0.5) is 0 Å². The Labute approximate surface area is 163 Å². The van der Waals surface area contributed by atoms with E-state index in [1.165, 1.54) is 32.1 Å². The molecule has 150 valence electrons. The Kier molecular flexibility index (Phi) is 7.27. The van der Waals surface area contributed by atoms with Crippen LogP contribution in [-0.2, 0) is 17.9 Å². The molecule has 1 aliphatic carbocycles. The number of carbonyl (C=O) groups excluding carboxylic acids is 1. The minimum Gasteiger partial charge on any atom is -0.379 e. The molecule has 1 heterocycles. The number of piperidine rings is 1. The minimum absolute atomic E-state index is 0.0875. The highest BCUT2D eigenvalue weighted by Crippen LogP contribution is 2.28. The van der Waals surface area contributed by atoms with E-state index < -0.39 is 5.60 Å². The third kappa shape index (κ3) is 5.53. The van der Waals surface area contributed by atoms with Crippen molar-refractivity contribution in [2.45, 2.75) is 70.1 Å². The molecule has 0 radical (unpaired) electrons. The number of nitrogens with one attached hydrogen (secondary N) is 1. The van der Waals surface area contributed by atoms with Gasteiger partial charge in [-0.05, 0) is 36.3 Å². The highest BCUT2D eigenvalue weighted by molar-refractivity contribution is 5.86. The molecule has 0 bridgehead atoms. The lowest BCUT2D eigenvalue weighted by atomic mass is 9.86. The van der Waals surface area contributed by atoms with Crippen molar-refractivity contribution in [1.82, 2.24) is 10.2 Å². The molecule has 1 aliphatic heterocycles. The second-order valence-corrected chi connectivity index (χ2v) is 8.34. The smallest absolute Gasteiger partial charge is 0.255 e. The van der Waals surface area contributed by atoms with Crippen molar-refractivity contribution in [2.24, 2.45) is 11.7 Å². The molecule has 1 amide bonds. The van der Waals surface area contributed by atoms with Gasteiger partial charge in [0.05, 0.1) is 0 Å². The normalized spacial score (nSPS) is 24.4. The zero-order valence-corrected chi connectivity index (χ0v) is 16.5. The maximum absolute atomic E-state index is 12.9. The number of hydrogen-bond acceptors (Lipinski definition) is 4. The van der Waals surface area contributed by atoms with E-state index in [9.17, 15) is 9.90 Å². The summed E-state index contributed by atoms with van der Waals surface area (Å²) in [6.45, 7) is 3.08. The van der Waals surface area contributed by atoms with Gasteiger partial charge >= 0.3 is 0 Å². The van der Waals surface area contributed by atoms with Crippen LogP contribution in [0.3, 0.4) is 0 Å². The van der Waals surface area contributed by atoms with E-state index in [-0.39, 0.29) is 5.91 Å². The maximum atomic E-state index is 12.9. The first kappa shape index (κ1) is 20.3. The summed E-state index contributed by atoms with van der Waals surface area (Å²) in [7, 11) is 0. The standard InChI is InChI=1S/C22H35N3O2/c23-15-19-7-9-20(10-8-19)16-24-17-22(27)12-4-13-25(21(22)26)14-11-18-5-2-1-3-6-18/h7-10,18,24,27H,1-6,11-17,23H2/t22-/m1/s1. The molecule has 1 saturated carbocycles. The lowest BCUT2D eigenvalue weighted by molar-refractivity contribution is -0.156. The summed E-state index contributed by atoms with van der Waals surface area (Å²) >= 11 is 0. The van der Waals surface area contributed by atoms with Crippen molar-refractivity contribution in [3.63, 3.8) is 0 Å². The molecule has 5 nitrogen and oxygen atoms in total. The predicted octanol–water partition coefficient (Wildman–Crippen LogP) is 2.56. The predicted molar refractivity (Wildman–Crippen MR) is 108 cm³/mol. The monoisotopic (exact) mass is 373 g/mol. The van der Waals surface area contributed by atoms with Crippen molar-refractivity contribution < 1.29 is 9.90 Å². The SMILES string of the molecule is NCc1ccc(CNC[C@]2(O)CCCN(CCC3CCCCC3)C2=O)cc1. The van der Waals surface area contributed by atoms with Crippen LogP contribution in [0.2, 0.25) is 0 Å². The molecule has 0 aromatic heterocycles. The van der Waals surface area contributed by atoms with Gasteiger partial charge in [0.2, 0.25) is 0 Å². The van der Waals surface area contributed by atoms with Crippen LogP contribution in [0, 0.1) is 5.92 Å². The van der Waals surface area contributed by atoms with E-state index in [0.717, 1.165) is 43.0 Å². The van der Waals surface area contributed by atoms with Crippen molar-refractivity contribution >= 4 is 5.91 Å². The summed E-state index contributed by atoms with van der Waals surface area (Å²) < 4.78 is 0. The lowest BCUT2D eigenvalue weighted by Crippen LogP contribution is -2.58. The Bertz CT molecular complexity index is 598. The Morgan fingerprint density at radius 3 is 2.52 bits per heavy atom. The van der Waals surface area contributed by atoms with Gasteiger partial charge in [-0.2, -0.15) is 0 Å². The van der Waals surface area contributed by atoms with Gasteiger partial charge in [-0.15, -0.1) is 0 Å². The summed E-state index contributed by atoms with van der Waals surface area (Å²) in [6.07, 6.45) is 9.14. The van der Waals surface area contributed by atoms with Gasteiger partial charge in [-0.3, -0.25) is 4.79 Å². The second-order valence-electron chi connectivity index (χ2n) is 8.34. The molecule has 1 saturated heterocycles. The molecule has 3 rings (SSSR count). The topological polar surface area (TPSA) is 78.6 Å². The van der Waals surface area contributed by atoms with Crippen molar-refractivity contribution in [3.8, 4) is 0 Å². The molecule has 2 fully saturated rings. The largest absolute Gasteiger partial charge is 0.379 e. The maximum Gasteiger partial charge on any atom is 0.255 e. The second kappa shape index (κ2) is 9.67. The van der Waals surface area contributed by atoms with Crippen LogP contribution >= 0.6 is 0 Å². The first-order chi connectivity index (χ1) is 13.1. The first-order valence-electron chi connectivity index (χ1n) is 10.6. The highest BCUT2D eigenvalue weighted by Gasteiger charge is 2.41. The number of aliphatic hydroxyl groups is 1. The molecule has 27 heavy (non-hydrogen) atoms. The van der Waals surface area contributed by atoms with Crippen LogP contribution in [-0.4, -0.2) is 41.1 Å². The van der Waals surface area contributed by atoms with E-state index >= 15 is 0 Å². The molecule has 5 heteroatoms. The van der Waals surface area contributed by atoms with Gasteiger partial charge in [0, 0.05) is 32.7 Å². The van der Waals surface area contributed by atoms with Crippen LogP contribution in [0.1, 0.15) is 62.5 Å². The molecular formula is C22H35N3O2. The van der Waals surface area contributed by atoms with Crippen molar-refractivity contribution in [3.05, 3.63) is 35.4 Å². The number of likely N-dealkylation sites (tertiary alicyclic amines) is 1. The molecule has 0 unspecified atom stereocenters. The van der Waals surface area contributed by atoms with Crippen molar-refractivity contribution in [1.29, 1.82) is 0 Å². The van der Waals surface area contributed by atoms with Crippen LogP contribution < -0.4 is 11.1 Å². The third-order valence-electron chi connectivity index (χ3n) is 6.24. The number of amides is 1. The average Bonchev–Trinajstić information content (AvgIpc) is 2.70. The molecule has 1 atom stereocenters. The summed E-state index contributed by atoms with van der Waals surface area (Å²) in [5.74, 6) is 0.673. The molecule has 0 spiro atoms. The Morgan fingerprint density at radius 2 is 1.81 bits per heavy atom. The fraction of sp³-hybridized carbons (Fsp3) is 0.682. The minimum atomic E-state index is -1.26. The Morgan fingerprint density at radius 1 is 1.11 bits per heavy atom. The molecule has 4 N–H and O–H groups in total. The van der Waals surface area contributed by atoms with Crippen LogP contribution in [0.5, 0.6) is 0 Å². The summed E-state index contributed by atoms with van der Waals surface area (Å²) in [5.41, 5.74) is 6.60. The Balaban J connectivity index is 1.47. The van der Waals surface area contributed by atoms with Gasteiger partial charge < -0.3 is 21.1 Å². The fourth-order valence-electron chi connectivity index (χ4n) is 4.46. The van der Waals surface area contributed by atoms with Crippen LogP contribution in [0.15, 0.2) is 24.3 Å². The molecular weight excluding hydrogens is 338 g/mol. The fourth-order valence-corrected chi connectivity index (χ4v) is 4.46. The average molecular weight is 374 g/mol. The number of carbonyl (C=O) groups is 1. The van der Waals surface area contributed by atoms with E-state index in [1.54, 1.807) is 0 Å². The molecule has 2 aliphatic rings. The third-order valence-corrected chi connectivity index (χ3v) is 6.24. The number of benzene rings is 1. The van der Waals surface area contributed by atoms with Gasteiger partial charge in [-0.1, -0.05) is 56.4 Å². The van der Waals surface area contributed by atoms with Gasteiger partial charge in [0.25, 0.3) is 5.91 Å². The zero-order valence-electron chi connectivity index (χ0n) is 16.5. The van der Waals surface area contributed by atoms with E-state index in [1.807, 2.05) is 29.2 Å². The van der Waals surface area contributed by atoms with Crippen LogP contribution in [0.25, 0.3) is 0 Å². The van der Waals surface area contributed by atoms with Gasteiger partial charge in [-0.25, -0.2) is 0 Å². The van der Waals surface area contributed by atoms with Gasteiger partial charge in [0.1, 0.15) is 0 Å². The number of rotatable bonds is 8. The lowest BCUT2D eigenvalue weighted by Gasteiger charge is -2.39. The van der Waals surface area contributed by atoms with E-state index in [2.05, 4.69) is 5.32 Å². The van der Waals surface area contributed by atoms with E-state index in [0.29, 0.717) is 26.1 Å². The first-order valence-corrected chi connectivity index (χ1v) is 10.6. The van der Waals surface area contributed by atoms with Crippen molar-refractivity contribution in [2.75, 3.05) is 19.6 Å². The highest BCUT2D eigenvalue weighted by atomic mass is 16.3. The zero-order chi connectivity index (χ0) is 19.1. The quantitative estimate of drug-likeness (QED) is 0.654. The molecule has 1 aromatic rings.